The number of halogens is 1. The Hall–Kier alpha value is -4.86. The van der Waals surface area contributed by atoms with Crippen LogP contribution < -0.4 is 9.47 Å². The standard InChI is InChI=1S/C36H35FN8O3/c1-36(27-8-5-21(17-38)15-28(27)37)47-30-4-2-3-26(32(30)48-36)22-9-12-44(13-10-22)20-31-40-29-16-24(34-41-33(42-43-34)23-6-7-23)18-39-35(29)45(31)19-25-11-14-46-25/h2-5,8,15-16,18,22-23,25H,6-7,9-14,19-20H2,1H3,(H,41,42,43). The van der Waals surface area contributed by atoms with Crippen molar-refractivity contribution in [3.05, 3.63) is 82.8 Å². The lowest BCUT2D eigenvalue weighted by molar-refractivity contribution is -0.0712. The molecule has 3 aromatic heterocycles. The Morgan fingerprint density at radius 3 is 2.65 bits per heavy atom. The summed E-state index contributed by atoms with van der Waals surface area (Å²) >= 11 is 0. The number of aromatic amines is 1. The number of para-hydroxylation sites is 1. The van der Waals surface area contributed by atoms with E-state index in [1.54, 1.807) is 19.1 Å². The molecule has 0 bridgehead atoms. The molecule has 2 aromatic carbocycles. The highest BCUT2D eigenvalue weighted by Crippen LogP contribution is 2.50. The molecule has 9 rings (SSSR count). The van der Waals surface area contributed by atoms with Gasteiger partial charge in [0.15, 0.2) is 23.0 Å². The Morgan fingerprint density at radius 2 is 1.90 bits per heavy atom. The lowest BCUT2D eigenvalue weighted by atomic mass is 9.88. The fraction of sp³-hybridized carbons (Fsp3) is 0.417. The van der Waals surface area contributed by atoms with Crippen LogP contribution in [0.1, 0.15) is 79.2 Å². The molecule has 4 aliphatic rings. The number of likely N-dealkylation sites (tertiary alicyclic amines) is 1. The number of benzene rings is 2. The van der Waals surface area contributed by atoms with Gasteiger partial charge < -0.3 is 18.8 Å². The average Bonchev–Trinajstić information content (AvgIpc) is 3.54. The molecule has 0 amide bonds. The quantitative estimate of drug-likeness (QED) is 0.219. The van der Waals surface area contributed by atoms with Crippen LogP contribution in [0.4, 0.5) is 4.39 Å². The van der Waals surface area contributed by atoms with Crippen molar-refractivity contribution in [1.29, 1.82) is 5.26 Å². The van der Waals surface area contributed by atoms with E-state index in [-0.39, 0.29) is 23.1 Å². The molecule has 2 atom stereocenters. The molecular formula is C36H35FN8O3. The van der Waals surface area contributed by atoms with E-state index in [1.807, 2.05) is 30.5 Å². The zero-order valence-corrected chi connectivity index (χ0v) is 26.7. The van der Waals surface area contributed by atoms with Crippen LogP contribution >= 0.6 is 0 Å². The number of imidazole rings is 1. The Morgan fingerprint density at radius 1 is 1.04 bits per heavy atom. The van der Waals surface area contributed by atoms with Gasteiger partial charge in [0.2, 0.25) is 0 Å². The van der Waals surface area contributed by atoms with Crippen molar-refractivity contribution in [2.24, 2.45) is 0 Å². The predicted octanol–water partition coefficient (Wildman–Crippen LogP) is 5.92. The summed E-state index contributed by atoms with van der Waals surface area (Å²) in [5, 5.41) is 16.7. The summed E-state index contributed by atoms with van der Waals surface area (Å²) in [6, 6.07) is 14.3. The lowest BCUT2D eigenvalue weighted by Gasteiger charge is -2.33. The van der Waals surface area contributed by atoms with Gasteiger partial charge >= 0.3 is 0 Å². The maximum atomic E-state index is 15.0. The number of fused-ring (bicyclic) bond motifs is 2. The van der Waals surface area contributed by atoms with Crippen molar-refractivity contribution in [1.82, 2.24) is 34.6 Å². The van der Waals surface area contributed by atoms with Crippen molar-refractivity contribution >= 4 is 11.2 Å². The zero-order chi connectivity index (χ0) is 32.4. The second kappa shape index (κ2) is 11.4. The number of nitrogens with one attached hydrogen (secondary N) is 1. The van der Waals surface area contributed by atoms with E-state index in [0.29, 0.717) is 29.8 Å². The number of rotatable bonds is 8. The molecular weight excluding hydrogens is 611 g/mol. The lowest BCUT2D eigenvalue weighted by Crippen LogP contribution is -2.35. The maximum absolute atomic E-state index is 15.0. The van der Waals surface area contributed by atoms with E-state index in [2.05, 4.69) is 25.7 Å². The summed E-state index contributed by atoms with van der Waals surface area (Å²) in [4.78, 5) is 17.1. The molecule has 0 radical (unpaired) electrons. The number of piperidine rings is 1. The van der Waals surface area contributed by atoms with E-state index in [4.69, 9.17) is 34.4 Å². The van der Waals surface area contributed by atoms with Crippen LogP contribution in [0.2, 0.25) is 0 Å². The first-order valence-corrected chi connectivity index (χ1v) is 16.8. The van der Waals surface area contributed by atoms with Crippen molar-refractivity contribution in [3.8, 4) is 29.0 Å². The third-order valence-electron chi connectivity index (χ3n) is 10.2. The molecule has 0 spiro atoms. The number of hydrogen-bond donors (Lipinski definition) is 1. The second-order valence-electron chi connectivity index (χ2n) is 13.5. The summed E-state index contributed by atoms with van der Waals surface area (Å²) in [6.07, 6.45) is 7.26. The number of nitriles is 1. The van der Waals surface area contributed by atoms with Gasteiger partial charge in [0.25, 0.3) is 5.79 Å². The minimum absolute atomic E-state index is 0.174. The minimum Gasteiger partial charge on any atom is -0.444 e. The minimum atomic E-state index is -1.32. The molecule has 244 valence electrons. The van der Waals surface area contributed by atoms with Crippen LogP contribution in [0.3, 0.4) is 0 Å². The molecule has 1 saturated carbocycles. The largest absolute Gasteiger partial charge is 0.444 e. The van der Waals surface area contributed by atoms with Gasteiger partial charge in [0, 0.05) is 36.8 Å². The number of aromatic nitrogens is 6. The fourth-order valence-electron chi connectivity index (χ4n) is 7.20. The van der Waals surface area contributed by atoms with Crippen LogP contribution in [-0.4, -0.2) is 60.4 Å². The highest BCUT2D eigenvalue weighted by atomic mass is 19.1. The number of hydrogen-bond acceptors (Lipinski definition) is 9. The summed E-state index contributed by atoms with van der Waals surface area (Å²) in [7, 11) is 0. The summed E-state index contributed by atoms with van der Waals surface area (Å²) < 4.78 is 35.7. The third-order valence-corrected chi connectivity index (χ3v) is 10.2. The van der Waals surface area contributed by atoms with Gasteiger partial charge in [-0.3, -0.25) is 10.00 Å². The molecule has 2 unspecified atom stereocenters. The molecule has 3 fully saturated rings. The van der Waals surface area contributed by atoms with Gasteiger partial charge in [-0.1, -0.05) is 12.1 Å². The van der Waals surface area contributed by atoms with Gasteiger partial charge in [-0.05, 0) is 81.4 Å². The van der Waals surface area contributed by atoms with Crippen molar-refractivity contribution in [2.45, 2.75) is 75.8 Å². The van der Waals surface area contributed by atoms with E-state index in [0.717, 1.165) is 92.3 Å². The topological polar surface area (TPSA) is 127 Å². The van der Waals surface area contributed by atoms with Gasteiger partial charge in [0.05, 0.1) is 36.4 Å². The van der Waals surface area contributed by atoms with Crippen LogP contribution in [0, 0.1) is 17.1 Å². The van der Waals surface area contributed by atoms with Gasteiger partial charge in [-0.2, -0.15) is 10.4 Å². The predicted molar refractivity (Wildman–Crippen MR) is 173 cm³/mol. The Bertz CT molecular complexity index is 2070. The fourth-order valence-corrected chi connectivity index (χ4v) is 7.20. The number of ether oxygens (including phenoxy) is 3. The first-order valence-electron chi connectivity index (χ1n) is 16.8. The summed E-state index contributed by atoms with van der Waals surface area (Å²) in [5.41, 5.74) is 4.15. The third kappa shape index (κ3) is 5.18. The second-order valence-corrected chi connectivity index (χ2v) is 13.5. The zero-order valence-electron chi connectivity index (χ0n) is 26.7. The van der Waals surface area contributed by atoms with Crippen LogP contribution in [0.15, 0.2) is 48.7 Å². The normalized spacial score (nSPS) is 22.6. The van der Waals surface area contributed by atoms with Crippen molar-refractivity contribution in [2.75, 3.05) is 19.7 Å². The van der Waals surface area contributed by atoms with E-state index in [1.165, 1.54) is 6.07 Å². The Kier molecular flexibility index (Phi) is 6.95. The SMILES string of the molecule is CC1(c2ccc(C#N)cc2F)Oc2cccc(C3CCN(Cc4nc5cc(-c6n[nH]c(C7CC7)n6)cnc5n4CC4CCO4)CC3)c2O1. The van der Waals surface area contributed by atoms with E-state index in [9.17, 15) is 0 Å². The van der Waals surface area contributed by atoms with Crippen LogP contribution in [0.5, 0.6) is 11.5 Å². The molecule has 1 aliphatic carbocycles. The molecule has 12 heteroatoms. The van der Waals surface area contributed by atoms with E-state index < -0.39 is 11.6 Å². The highest BCUT2D eigenvalue weighted by Gasteiger charge is 2.43. The average molecular weight is 647 g/mol. The van der Waals surface area contributed by atoms with Crippen molar-refractivity contribution in [3.63, 3.8) is 0 Å². The first-order chi connectivity index (χ1) is 23.4. The van der Waals surface area contributed by atoms with Gasteiger partial charge in [-0.25, -0.2) is 19.3 Å². The summed E-state index contributed by atoms with van der Waals surface area (Å²) in [5.74, 6) is 2.79. The molecule has 2 saturated heterocycles. The molecule has 5 aromatic rings. The van der Waals surface area contributed by atoms with Gasteiger partial charge in [0.1, 0.15) is 23.0 Å². The monoisotopic (exact) mass is 646 g/mol. The number of H-pyrrole nitrogens is 1. The van der Waals surface area contributed by atoms with Crippen LogP contribution in [0.25, 0.3) is 22.6 Å². The van der Waals surface area contributed by atoms with E-state index >= 15 is 4.39 Å². The summed E-state index contributed by atoms with van der Waals surface area (Å²) in [6.45, 7) is 5.73. The number of nitrogens with zero attached hydrogens (tertiary/aromatic N) is 7. The van der Waals surface area contributed by atoms with Crippen molar-refractivity contribution < 1.29 is 18.6 Å². The first kappa shape index (κ1) is 29.3. The van der Waals surface area contributed by atoms with Crippen LogP contribution in [-0.2, 0) is 23.6 Å². The number of pyridine rings is 1. The molecule has 11 nitrogen and oxygen atoms in total. The molecule has 6 heterocycles. The molecule has 48 heavy (non-hydrogen) atoms. The highest BCUT2D eigenvalue weighted by molar-refractivity contribution is 5.77. The molecule has 3 aliphatic heterocycles. The molecule has 1 N–H and O–H groups in total. The Labute approximate surface area is 276 Å². The maximum Gasteiger partial charge on any atom is 0.278 e. The smallest absolute Gasteiger partial charge is 0.278 e. The Balaban J connectivity index is 0.922. The van der Waals surface area contributed by atoms with Gasteiger partial charge in [-0.15, -0.1) is 0 Å².